The van der Waals surface area contributed by atoms with Crippen molar-refractivity contribution in [3.63, 3.8) is 0 Å². The van der Waals surface area contributed by atoms with Gasteiger partial charge in [0.05, 0.1) is 0 Å². The van der Waals surface area contributed by atoms with E-state index in [1.54, 1.807) is 0 Å². The van der Waals surface area contributed by atoms with Crippen molar-refractivity contribution in [3.8, 4) is 0 Å². The topological polar surface area (TPSA) is 49.9 Å². The van der Waals surface area contributed by atoms with Gasteiger partial charge in [-0.2, -0.15) is 0 Å². The van der Waals surface area contributed by atoms with Crippen molar-refractivity contribution in [2.45, 2.75) is 5.75 Å². The Morgan fingerprint density at radius 1 is 1.36 bits per heavy atom. The van der Waals surface area contributed by atoms with Gasteiger partial charge in [-0.05, 0) is 17.7 Å². The van der Waals surface area contributed by atoms with Gasteiger partial charge in [0, 0.05) is 5.75 Å². The smallest absolute Gasteiger partial charge is 0.159 e. The molecule has 2 nitrogen and oxygen atoms in total. The van der Waals surface area contributed by atoms with Crippen LogP contribution in [0.25, 0.3) is 0 Å². The Morgan fingerprint density at radius 3 is 2.50 bits per heavy atom. The molecule has 1 rings (SSSR count). The first-order chi connectivity index (χ1) is 6.09. The quantitative estimate of drug-likeness (QED) is 0.647. The first kappa shape index (κ1) is 13.4. The van der Waals surface area contributed by atoms with Crippen LogP contribution in [0.1, 0.15) is 5.56 Å². The summed E-state index contributed by atoms with van der Waals surface area (Å²) in [5, 5.41) is 6.88. The van der Waals surface area contributed by atoms with Crippen molar-refractivity contribution < 1.29 is 8.78 Å². The molecule has 3 N–H and O–H groups in total. The summed E-state index contributed by atoms with van der Waals surface area (Å²) in [5.41, 5.74) is 5.70. The lowest BCUT2D eigenvalue weighted by atomic mass is 10.2. The zero-order chi connectivity index (χ0) is 9.84. The molecule has 14 heavy (non-hydrogen) atoms. The third-order valence-electron chi connectivity index (χ3n) is 1.38. The highest BCUT2D eigenvalue weighted by Crippen LogP contribution is 2.14. The maximum atomic E-state index is 12.6. The number of amidine groups is 1. The minimum atomic E-state index is -0.873. The summed E-state index contributed by atoms with van der Waals surface area (Å²) in [4.78, 5) is 0. The van der Waals surface area contributed by atoms with Crippen LogP contribution in [0, 0.1) is 17.0 Å². The van der Waals surface area contributed by atoms with Gasteiger partial charge >= 0.3 is 0 Å². The Labute approximate surface area is 95.2 Å². The third-order valence-corrected chi connectivity index (χ3v) is 2.17. The van der Waals surface area contributed by atoms with E-state index in [1.165, 1.54) is 6.07 Å². The third kappa shape index (κ3) is 4.06. The van der Waals surface area contributed by atoms with Gasteiger partial charge < -0.3 is 5.73 Å². The fourth-order valence-electron chi connectivity index (χ4n) is 0.791. The van der Waals surface area contributed by atoms with Crippen LogP contribution in [-0.4, -0.2) is 5.17 Å². The molecule has 0 saturated carbocycles. The second kappa shape index (κ2) is 5.98. The molecule has 1 aromatic carbocycles. The normalized spacial score (nSPS) is 9.29. The summed E-state index contributed by atoms with van der Waals surface area (Å²) in [6.07, 6.45) is 0. The summed E-state index contributed by atoms with van der Waals surface area (Å²) in [6, 6.07) is 3.63. The number of nitrogens with one attached hydrogen (secondary N) is 1. The number of hydrogen-bond acceptors (Lipinski definition) is 2. The predicted molar refractivity (Wildman–Crippen MR) is 59.9 cm³/mol. The molecule has 0 unspecified atom stereocenters. The zero-order valence-electron chi connectivity index (χ0n) is 7.09. The summed E-state index contributed by atoms with van der Waals surface area (Å²) in [6.45, 7) is 0. The highest BCUT2D eigenvalue weighted by Gasteiger charge is 2.02. The zero-order valence-corrected chi connectivity index (χ0v) is 9.62. The Balaban J connectivity index is 0.00000169. The van der Waals surface area contributed by atoms with Crippen LogP contribution in [0.4, 0.5) is 8.78 Å². The van der Waals surface area contributed by atoms with Crippen LogP contribution < -0.4 is 5.73 Å². The minimum Gasteiger partial charge on any atom is -0.379 e. The molecule has 0 heterocycles. The lowest BCUT2D eigenvalue weighted by Gasteiger charge is -2.00. The Bertz CT molecular complexity index is 333. The first-order valence-electron chi connectivity index (χ1n) is 3.50. The molecular weight excluding hydrogens is 274 g/mol. The lowest BCUT2D eigenvalue weighted by Crippen LogP contribution is -2.03. The monoisotopic (exact) mass is 282 g/mol. The fraction of sp³-hybridized carbons (Fsp3) is 0.125. The SMILES string of the molecule is Br.N=C(N)SCc1ccc(F)c(F)c1. The predicted octanol–water partition coefficient (Wildman–Crippen LogP) is 2.67. The molecule has 78 valence electrons. The highest BCUT2D eigenvalue weighted by atomic mass is 79.9. The van der Waals surface area contributed by atoms with E-state index < -0.39 is 11.6 Å². The standard InChI is InChI=1S/C8H8F2N2S.BrH/c9-6-2-1-5(3-7(6)10)4-13-8(11)12;/h1-3H,4H2,(H3,11,12);1H. The van der Waals surface area contributed by atoms with E-state index in [0.717, 1.165) is 23.9 Å². The average molecular weight is 283 g/mol. The van der Waals surface area contributed by atoms with Gasteiger partial charge in [-0.3, -0.25) is 5.41 Å². The van der Waals surface area contributed by atoms with Crippen molar-refractivity contribution in [1.82, 2.24) is 0 Å². The Hall–Kier alpha value is -0.620. The van der Waals surface area contributed by atoms with Crippen LogP contribution in [0.5, 0.6) is 0 Å². The molecule has 0 aliphatic carbocycles. The first-order valence-corrected chi connectivity index (χ1v) is 4.49. The van der Waals surface area contributed by atoms with Gasteiger partial charge in [0.15, 0.2) is 16.8 Å². The summed E-state index contributed by atoms with van der Waals surface area (Å²) < 4.78 is 25.1. The van der Waals surface area contributed by atoms with E-state index in [4.69, 9.17) is 11.1 Å². The molecule has 1 aromatic rings. The van der Waals surface area contributed by atoms with Crippen molar-refractivity contribution >= 4 is 33.9 Å². The highest BCUT2D eigenvalue weighted by molar-refractivity contribution is 8.93. The van der Waals surface area contributed by atoms with Crippen LogP contribution >= 0.6 is 28.7 Å². The van der Waals surface area contributed by atoms with Gasteiger partial charge in [-0.1, -0.05) is 17.8 Å². The molecule has 0 radical (unpaired) electrons. The number of nitrogens with two attached hydrogens (primary N) is 1. The summed E-state index contributed by atoms with van der Waals surface area (Å²) >= 11 is 1.07. The largest absolute Gasteiger partial charge is 0.379 e. The number of rotatable bonds is 2. The van der Waals surface area contributed by atoms with Gasteiger partial charge in [-0.25, -0.2) is 8.78 Å². The molecule has 0 aromatic heterocycles. The van der Waals surface area contributed by atoms with Crippen LogP contribution in [0.3, 0.4) is 0 Å². The fourth-order valence-corrected chi connectivity index (χ4v) is 1.29. The molecule has 6 heteroatoms. The van der Waals surface area contributed by atoms with Gasteiger partial charge in [0.2, 0.25) is 0 Å². The van der Waals surface area contributed by atoms with E-state index >= 15 is 0 Å². The Morgan fingerprint density at radius 2 is 2.00 bits per heavy atom. The van der Waals surface area contributed by atoms with Gasteiger partial charge in [-0.15, -0.1) is 17.0 Å². The minimum absolute atomic E-state index is 0. The molecule has 0 aliphatic heterocycles. The van der Waals surface area contributed by atoms with Crippen molar-refractivity contribution in [3.05, 3.63) is 35.4 Å². The van der Waals surface area contributed by atoms with Crippen LogP contribution in [0.2, 0.25) is 0 Å². The summed E-state index contributed by atoms with van der Waals surface area (Å²) in [5.74, 6) is -1.36. The molecule has 0 atom stereocenters. The maximum absolute atomic E-state index is 12.6. The van der Waals surface area contributed by atoms with Crippen LogP contribution in [0.15, 0.2) is 18.2 Å². The van der Waals surface area contributed by atoms with E-state index in [9.17, 15) is 8.78 Å². The number of hydrogen-bond donors (Lipinski definition) is 2. The van der Waals surface area contributed by atoms with Crippen LogP contribution in [-0.2, 0) is 5.75 Å². The van der Waals surface area contributed by atoms with E-state index in [2.05, 4.69) is 0 Å². The molecule has 0 fully saturated rings. The molecular formula is C8H9BrF2N2S. The number of benzene rings is 1. The Kier molecular flexibility index (Phi) is 5.71. The number of halogens is 3. The number of thioether (sulfide) groups is 1. The van der Waals surface area contributed by atoms with E-state index in [0.29, 0.717) is 11.3 Å². The van der Waals surface area contributed by atoms with E-state index in [-0.39, 0.29) is 22.1 Å². The second-order valence-corrected chi connectivity index (χ2v) is 3.42. The van der Waals surface area contributed by atoms with Crippen molar-refractivity contribution in [1.29, 1.82) is 5.41 Å². The maximum Gasteiger partial charge on any atom is 0.159 e. The van der Waals surface area contributed by atoms with Gasteiger partial charge in [0.25, 0.3) is 0 Å². The van der Waals surface area contributed by atoms with Gasteiger partial charge in [0.1, 0.15) is 0 Å². The lowest BCUT2D eigenvalue weighted by molar-refractivity contribution is 0.507. The van der Waals surface area contributed by atoms with Crippen molar-refractivity contribution in [2.75, 3.05) is 0 Å². The average Bonchev–Trinajstić information content (AvgIpc) is 2.07. The molecule has 0 amide bonds. The molecule has 0 bridgehead atoms. The van der Waals surface area contributed by atoms with Crippen molar-refractivity contribution in [2.24, 2.45) is 5.73 Å². The molecule has 0 spiro atoms. The molecule has 0 aliphatic rings. The van der Waals surface area contributed by atoms with E-state index in [1.807, 2.05) is 0 Å². The molecule has 0 saturated heterocycles. The summed E-state index contributed by atoms with van der Waals surface area (Å²) in [7, 11) is 0. The second-order valence-electron chi connectivity index (χ2n) is 2.40.